The summed E-state index contributed by atoms with van der Waals surface area (Å²) in [5, 5.41) is 0.411. The second kappa shape index (κ2) is 5.19. The molecule has 0 spiro atoms. The highest BCUT2D eigenvalue weighted by molar-refractivity contribution is 6.34. The first-order valence-corrected chi connectivity index (χ1v) is 5.91. The van der Waals surface area contributed by atoms with Crippen LogP contribution in [0.4, 0.5) is 5.69 Å². The number of aryl methyl sites for hydroxylation is 1. The SMILES string of the molecule is Cc1ccc(N(C)C(=O)c2cnccc2Cl)cc1. The minimum atomic E-state index is -0.169. The zero-order valence-electron chi connectivity index (χ0n) is 10.2. The number of halogens is 1. The minimum Gasteiger partial charge on any atom is -0.311 e. The molecule has 0 radical (unpaired) electrons. The summed E-state index contributed by atoms with van der Waals surface area (Å²) < 4.78 is 0. The van der Waals surface area contributed by atoms with E-state index in [1.54, 1.807) is 24.2 Å². The molecule has 0 aliphatic rings. The fourth-order valence-corrected chi connectivity index (χ4v) is 1.79. The van der Waals surface area contributed by atoms with Crippen LogP contribution in [0.15, 0.2) is 42.7 Å². The Labute approximate surface area is 111 Å². The maximum Gasteiger partial charge on any atom is 0.261 e. The number of carbonyl (C=O) groups is 1. The van der Waals surface area contributed by atoms with E-state index in [4.69, 9.17) is 11.6 Å². The number of amides is 1. The quantitative estimate of drug-likeness (QED) is 0.830. The van der Waals surface area contributed by atoms with Gasteiger partial charge in [0.15, 0.2) is 0 Å². The summed E-state index contributed by atoms with van der Waals surface area (Å²) >= 11 is 5.99. The molecule has 0 aliphatic carbocycles. The van der Waals surface area contributed by atoms with Crippen LogP contribution in [0.2, 0.25) is 5.02 Å². The Balaban J connectivity index is 2.29. The lowest BCUT2D eigenvalue weighted by atomic mass is 10.2. The monoisotopic (exact) mass is 260 g/mol. The van der Waals surface area contributed by atoms with Gasteiger partial charge in [0.1, 0.15) is 0 Å². The number of benzene rings is 1. The van der Waals surface area contributed by atoms with Crippen molar-refractivity contribution in [2.45, 2.75) is 6.92 Å². The molecule has 3 nitrogen and oxygen atoms in total. The van der Waals surface area contributed by atoms with Crippen LogP contribution in [0.25, 0.3) is 0 Å². The number of pyridine rings is 1. The van der Waals surface area contributed by atoms with Gasteiger partial charge in [0.25, 0.3) is 5.91 Å². The van der Waals surface area contributed by atoms with E-state index in [1.807, 2.05) is 31.2 Å². The average Bonchev–Trinajstić information content (AvgIpc) is 2.38. The van der Waals surface area contributed by atoms with Crippen molar-refractivity contribution in [1.29, 1.82) is 0 Å². The molecule has 2 rings (SSSR count). The van der Waals surface area contributed by atoms with Crippen molar-refractivity contribution in [2.75, 3.05) is 11.9 Å². The molecule has 1 aromatic heterocycles. The third-order valence-corrected chi connectivity index (χ3v) is 3.05. The van der Waals surface area contributed by atoms with Crippen molar-refractivity contribution in [3.8, 4) is 0 Å². The number of carbonyl (C=O) groups excluding carboxylic acids is 1. The van der Waals surface area contributed by atoms with Gasteiger partial charge in [0.2, 0.25) is 0 Å². The zero-order valence-corrected chi connectivity index (χ0v) is 11.0. The van der Waals surface area contributed by atoms with Gasteiger partial charge in [-0.2, -0.15) is 0 Å². The Morgan fingerprint density at radius 1 is 1.22 bits per heavy atom. The molecule has 92 valence electrons. The van der Waals surface area contributed by atoms with Crippen molar-refractivity contribution >= 4 is 23.2 Å². The largest absolute Gasteiger partial charge is 0.311 e. The van der Waals surface area contributed by atoms with Crippen LogP contribution in [-0.2, 0) is 0 Å². The second-order valence-corrected chi connectivity index (χ2v) is 4.46. The molecule has 1 amide bonds. The van der Waals surface area contributed by atoms with Gasteiger partial charge in [-0.1, -0.05) is 29.3 Å². The number of hydrogen-bond acceptors (Lipinski definition) is 2. The number of rotatable bonds is 2. The van der Waals surface area contributed by atoms with Crippen LogP contribution in [0.1, 0.15) is 15.9 Å². The van der Waals surface area contributed by atoms with Crippen LogP contribution in [0, 0.1) is 6.92 Å². The van der Waals surface area contributed by atoms with Crippen LogP contribution < -0.4 is 4.90 Å². The predicted molar refractivity (Wildman–Crippen MR) is 73.2 cm³/mol. The lowest BCUT2D eigenvalue weighted by Crippen LogP contribution is -2.26. The lowest BCUT2D eigenvalue weighted by Gasteiger charge is -2.17. The molecule has 0 bridgehead atoms. The molecule has 0 fully saturated rings. The first-order valence-electron chi connectivity index (χ1n) is 5.54. The Hall–Kier alpha value is -1.87. The van der Waals surface area contributed by atoms with E-state index in [1.165, 1.54) is 6.20 Å². The van der Waals surface area contributed by atoms with Crippen LogP contribution in [0.5, 0.6) is 0 Å². The van der Waals surface area contributed by atoms with Gasteiger partial charge in [0, 0.05) is 25.1 Å². The molecule has 1 aromatic carbocycles. The smallest absolute Gasteiger partial charge is 0.261 e. The summed E-state index contributed by atoms with van der Waals surface area (Å²) in [5.41, 5.74) is 2.38. The second-order valence-electron chi connectivity index (χ2n) is 4.06. The molecule has 1 heterocycles. The number of hydrogen-bond donors (Lipinski definition) is 0. The Morgan fingerprint density at radius 2 is 1.89 bits per heavy atom. The first-order chi connectivity index (χ1) is 8.59. The summed E-state index contributed by atoms with van der Waals surface area (Å²) in [6.07, 6.45) is 3.04. The molecular weight excluding hydrogens is 248 g/mol. The van der Waals surface area contributed by atoms with Crippen molar-refractivity contribution in [2.24, 2.45) is 0 Å². The van der Waals surface area contributed by atoms with Gasteiger partial charge in [-0.25, -0.2) is 0 Å². The highest BCUT2D eigenvalue weighted by Gasteiger charge is 2.16. The average molecular weight is 261 g/mol. The molecular formula is C14H13ClN2O. The number of anilines is 1. The van der Waals surface area contributed by atoms with E-state index < -0.39 is 0 Å². The third-order valence-electron chi connectivity index (χ3n) is 2.72. The molecule has 0 aliphatic heterocycles. The molecule has 0 atom stereocenters. The van der Waals surface area contributed by atoms with Crippen LogP contribution >= 0.6 is 11.6 Å². The van der Waals surface area contributed by atoms with Crippen molar-refractivity contribution in [3.63, 3.8) is 0 Å². The van der Waals surface area contributed by atoms with Crippen LogP contribution in [-0.4, -0.2) is 17.9 Å². The summed E-state index contributed by atoms with van der Waals surface area (Å²) in [4.78, 5) is 17.7. The topological polar surface area (TPSA) is 33.2 Å². The number of nitrogens with zero attached hydrogens (tertiary/aromatic N) is 2. The molecule has 0 N–H and O–H groups in total. The zero-order chi connectivity index (χ0) is 13.1. The summed E-state index contributed by atoms with van der Waals surface area (Å²) in [6, 6.07) is 9.33. The molecule has 18 heavy (non-hydrogen) atoms. The van der Waals surface area contributed by atoms with Crippen molar-refractivity contribution in [3.05, 3.63) is 58.9 Å². The standard InChI is InChI=1S/C14H13ClN2O/c1-10-3-5-11(6-4-10)17(2)14(18)12-9-16-8-7-13(12)15/h3-9H,1-2H3. The summed E-state index contributed by atoms with van der Waals surface area (Å²) in [5.74, 6) is -0.169. The predicted octanol–water partition coefficient (Wildman–Crippen LogP) is 3.32. The van der Waals surface area contributed by atoms with Gasteiger partial charge < -0.3 is 4.90 Å². The fourth-order valence-electron chi connectivity index (χ4n) is 1.60. The normalized spacial score (nSPS) is 10.2. The fraction of sp³-hybridized carbons (Fsp3) is 0.143. The molecule has 0 saturated carbocycles. The Kier molecular flexibility index (Phi) is 3.63. The van der Waals surface area contributed by atoms with Gasteiger partial charge in [-0.3, -0.25) is 9.78 Å². The Morgan fingerprint density at radius 3 is 2.50 bits per heavy atom. The van der Waals surface area contributed by atoms with Gasteiger partial charge >= 0.3 is 0 Å². The van der Waals surface area contributed by atoms with E-state index in [2.05, 4.69) is 4.98 Å². The van der Waals surface area contributed by atoms with Gasteiger partial charge in [0.05, 0.1) is 10.6 Å². The van der Waals surface area contributed by atoms with E-state index in [0.29, 0.717) is 10.6 Å². The maximum atomic E-state index is 12.3. The maximum absolute atomic E-state index is 12.3. The van der Waals surface area contributed by atoms with Crippen molar-refractivity contribution < 1.29 is 4.79 Å². The molecule has 4 heteroatoms. The lowest BCUT2D eigenvalue weighted by molar-refractivity contribution is 0.0993. The first kappa shape index (κ1) is 12.6. The van der Waals surface area contributed by atoms with Crippen molar-refractivity contribution in [1.82, 2.24) is 4.98 Å². The third kappa shape index (κ3) is 2.51. The molecule has 2 aromatic rings. The Bertz CT molecular complexity index is 566. The van der Waals surface area contributed by atoms with E-state index in [0.717, 1.165) is 11.3 Å². The highest BCUT2D eigenvalue weighted by atomic mass is 35.5. The minimum absolute atomic E-state index is 0.169. The van der Waals surface area contributed by atoms with E-state index in [-0.39, 0.29) is 5.91 Å². The number of aromatic nitrogens is 1. The highest BCUT2D eigenvalue weighted by Crippen LogP contribution is 2.20. The van der Waals surface area contributed by atoms with Crippen LogP contribution in [0.3, 0.4) is 0 Å². The summed E-state index contributed by atoms with van der Waals surface area (Å²) in [7, 11) is 1.72. The molecule has 0 saturated heterocycles. The van der Waals surface area contributed by atoms with Gasteiger partial charge in [-0.05, 0) is 25.1 Å². The van der Waals surface area contributed by atoms with E-state index >= 15 is 0 Å². The van der Waals surface area contributed by atoms with E-state index in [9.17, 15) is 4.79 Å². The van der Waals surface area contributed by atoms with Gasteiger partial charge in [-0.15, -0.1) is 0 Å². The molecule has 0 unspecified atom stereocenters. The summed E-state index contributed by atoms with van der Waals surface area (Å²) in [6.45, 7) is 2.00.